The Hall–Kier alpha value is -1.18. The van der Waals surface area contributed by atoms with Crippen molar-refractivity contribution in [3.63, 3.8) is 0 Å². The van der Waals surface area contributed by atoms with Gasteiger partial charge < -0.3 is 9.88 Å². The van der Waals surface area contributed by atoms with Gasteiger partial charge in [0.05, 0.1) is 0 Å². The van der Waals surface area contributed by atoms with Crippen LogP contribution in [0.3, 0.4) is 0 Å². The largest absolute Gasteiger partial charge is 0.361 e. The number of aromatic amines is 1. The van der Waals surface area contributed by atoms with Gasteiger partial charge in [0.25, 0.3) is 0 Å². The zero-order chi connectivity index (χ0) is 8.81. The van der Waals surface area contributed by atoms with E-state index in [1.165, 1.54) is 10.9 Å². The minimum atomic E-state index is -0.833. The number of hydrogen-bond donors (Lipinski definition) is 2. The van der Waals surface area contributed by atoms with E-state index in [9.17, 15) is 0 Å². The molecule has 3 nitrogen and oxygen atoms in total. The fourth-order valence-electron chi connectivity index (χ4n) is 0.995. The van der Waals surface area contributed by atoms with Crippen LogP contribution in [-0.4, -0.2) is 9.88 Å². The van der Waals surface area contributed by atoms with Crippen molar-refractivity contribution in [1.82, 2.24) is 4.98 Å². The fraction of sp³-hybridized carbons (Fsp3) is 0. The van der Waals surface area contributed by atoms with Crippen LogP contribution in [-0.2, 0) is 4.57 Å². The number of benzene rings is 1. The summed E-state index contributed by atoms with van der Waals surface area (Å²) in [6, 6.07) is 10.3. The summed E-state index contributed by atoms with van der Waals surface area (Å²) in [5, 5.41) is 1.28. The van der Waals surface area contributed by atoms with Crippen molar-refractivity contribution in [3.05, 3.63) is 36.5 Å². The van der Waals surface area contributed by atoms with Crippen LogP contribution in [0.5, 0.6) is 0 Å². The highest BCUT2D eigenvalue weighted by Gasteiger charge is 1.86. The Kier molecular flexibility index (Phi) is 3.45. The number of rotatable bonds is 0. The molecule has 0 fully saturated rings. The highest BCUT2D eigenvalue weighted by atomic mass is 31.1. The number of nitrogens with one attached hydrogen (secondary N) is 1. The molecule has 2 aromatic rings. The smallest absolute Gasteiger partial charge is 0.324 e. The molecule has 62 valence electrons. The lowest BCUT2D eigenvalue weighted by atomic mass is 10.3. The molecule has 1 aromatic heterocycles. The SMILES string of the molecule is O=PO.c1ccc2[nH]ccc2c1. The van der Waals surface area contributed by atoms with Crippen LogP contribution in [0.4, 0.5) is 0 Å². The molecule has 0 unspecified atom stereocenters. The molecule has 0 saturated heterocycles. The first-order valence-electron chi connectivity index (χ1n) is 3.37. The van der Waals surface area contributed by atoms with Crippen LogP contribution in [0.15, 0.2) is 36.5 Å². The van der Waals surface area contributed by atoms with Crippen molar-refractivity contribution in [3.8, 4) is 0 Å². The first-order valence-corrected chi connectivity index (χ1v) is 4.14. The van der Waals surface area contributed by atoms with Crippen LogP contribution >= 0.6 is 8.69 Å². The summed E-state index contributed by atoms with van der Waals surface area (Å²) in [4.78, 5) is 10.1. The van der Waals surface area contributed by atoms with Crippen molar-refractivity contribution >= 4 is 19.6 Å². The van der Waals surface area contributed by atoms with E-state index in [2.05, 4.69) is 23.2 Å². The van der Waals surface area contributed by atoms with E-state index in [0.717, 1.165) is 0 Å². The third-order valence-electron chi connectivity index (χ3n) is 1.46. The monoisotopic (exact) mass is 181 g/mol. The van der Waals surface area contributed by atoms with Crippen molar-refractivity contribution in [2.24, 2.45) is 0 Å². The number of H-pyrrole nitrogens is 1. The molecule has 12 heavy (non-hydrogen) atoms. The topological polar surface area (TPSA) is 53.1 Å². The fourth-order valence-corrected chi connectivity index (χ4v) is 0.995. The second-order valence-corrected chi connectivity index (χ2v) is 2.31. The van der Waals surface area contributed by atoms with Crippen molar-refractivity contribution in [1.29, 1.82) is 0 Å². The molecule has 1 aromatic carbocycles. The molecule has 0 aliphatic heterocycles. The molecule has 0 saturated carbocycles. The van der Waals surface area contributed by atoms with Crippen LogP contribution in [0.2, 0.25) is 0 Å². The summed E-state index contributed by atoms with van der Waals surface area (Å²) in [5.41, 5.74) is 1.21. The minimum Gasteiger partial charge on any atom is -0.361 e. The summed E-state index contributed by atoms with van der Waals surface area (Å²) >= 11 is 0. The third kappa shape index (κ3) is 2.16. The number of hydrogen-bond acceptors (Lipinski definition) is 1. The zero-order valence-electron chi connectivity index (χ0n) is 6.27. The number of fused-ring (bicyclic) bond motifs is 1. The second-order valence-electron chi connectivity index (χ2n) is 2.15. The quantitative estimate of drug-likeness (QED) is 0.613. The Labute approximate surface area is 71.3 Å². The van der Waals surface area contributed by atoms with Gasteiger partial charge in [-0.05, 0) is 17.5 Å². The Balaban J connectivity index is 0.000000213. The minimum absolute atomic E-state index is 0.833. The van der Waals surface area contributed by atoms with Crippen molar-refractivity contribution in [2.45, 2.75) is 0 Å². The molecule has 1 heterocycles. The summed E-state index contributed by atoms with van der Waals surface area (Å²) < 4.78 is 8.46. The normalized spacial score (nSPS) is 9.42. The summed E-state index contributed by atoms with van der Waals surface area (Å²) in [6.07, 6.45) is 1.95. The average Bonchev–Trinajstić information content (AvgIpc) is 2.52. The van der Waals surface area contributed by atoms with Gasteiger partial charge >= 0.3 is 8.69 Å². The second kappa shape index (κ2) is 4.65. The molecule has 0 amide bonds. The maximum absolute atomic E-state index is 8.46. The molecule has 0 aliphatic carbocycles. The lowest BCUT2D eigenvalue weighted by Crippen LogP contribution is -1.61. The van der Waals surface area contributed by atoms with Gasteiger partial charge in [-0.15, -0.1) is 0 Å². The number of aromatic nitrogens is 1. The van der Waals surface area contributed by atoms with Crippen molar-refractivity contribution in [2.75, 3.05) is 0 Å². The summed E-state index contributed by atoms with van der Waals surface area (Å²) in [5.74, 6) is 0. The molecule has 4 heteroatoms. The molecule has 0 radical (unpaired) electrons. The van der Waals surface area contributed by atoms with Gasteiger partial charge in [-0.2, -0.15) is 0 Å². The zero-order valence-corrected chi connectivity index (χ0v) is 7.16. The Morgan fingerprint density at radius 3 is 2.58 bits per heavy atom. The molecule has 0 atom stereocenters. The summed E-state index contributed by atoms with van der Waals surface area (Å²) in [6.45, 7) is 0. The first kappa shape index (κ1) is 8.91. The molecular weight excluding hydrogens is 173 g/mol. The predicted molar refractivity (Wildman–Crippen MR) is 48.1 cm³/mol. The van der Waals surface area contributed by atoms with E-state index in [0.29, 0.717) is 0 Å². The van der Waals surface area contributed by atoms with Gasteiger partial charge in [-0.3, -0.25) is 0 Å². The van der Waals surface area contributed by atoms with Crippen molar-refractivity contribution < 1.29 is 9.46 Å². The Morgan fingerprint density at radius 2 is 1.92 bits per heavy atom. The summed E-state index contributed by atoms with van der Waals surface area (Å²) in [7, 11) is -0.833. The number of para-hydroxylation sites is 1. The van der Waals surface area contributed by atoms with E-state index in [-0.39, 0.29) is 0 Å². The maximum Gasteiger partial charge on any atom is 0.324 e. The maximum atomic E-state index is 8.46. The highest BCUT2D eigenvalue weighted by molar-refractivity contribution is 7.16. The molecule has 0 aliphatic rings. The Morgan fingerprint density at radius 1 is 1.25 bits per heavy atom. The van der Waals surface area contributed by atoms with Crippen LogP contribution < -0.4 is 0 Å². The highest BCUT2D eigenvalue weighted by Crippen LogP contribution is 2.09. The van der Waals surface area contributed by atoms with Gasteiger partial charge in [0.15, 0.2) is 0 Å². The molecule has 0 bridgehead atoms. The van der Waals surface area contributed by atoms with Crippen LogP contribution in [0.25, 0.3) is 10.9 Å². The van der Waals surface area contributed by atoms with Crippen LogP contribution in [0.1, 0.15) is 0 Å². The van der Waals surface area contributed by atoms with Gasteiger partial charge in [-0.1, -0.05) is 18.2 Å². The lowest BCUT2D eigenvalue weighted by molar-refractivity contribution is 0.524. The van der Waals surface area contributed by atoms with Crippen LogP contribution in [0, 0.1) is 0 Å². The van der Waals surface area contributed by atoms with E-state index in [1.807, 2.05) is 18.3 Å². The van der Waals surface area contributed by atoms with Gasteiger partial charge in [0.2, 0.25) is 0 Å². The van der Waals surface area contributed by atoms with E-state index in [4.69, 9.17) is 9.46 Å². The first-order chi connectivity index (χ1) is 5.88. The molecular formula is C8H8NO2P. The third-order valence-corrected chi connectivity index (χ3v) is 1.46. The van der Waals surface area contributed by atoms with Gasteiger partial charge in [0, 0.05) is 11.7 Å². The van der Waals surface area contributed by atoms with E-state index < -0.39 is 8.69 Å². The molecule has 2 rings (SSSR count). The van der Waals surface area contributed by atoms with E-state index >= 15 is 0 Å². The average molecular weight is 181 g/mol. The van der Waals surface area contributed by atoms with Gasteiger partial charge in [0.1, 0.15) is 0 Å². The van der Waals surface area contributed by atoms with E-state index in [1.54, 1.807) is 0 Å². The Bertz CT molecular complexity index is 328. The molecule has 2 N–H and O–H groups in total. The molecule has 0 spiro atoms. The predicted octanol–water partition coefficient (Wildman–Crippen LogP) is 2.35. The van der Waals surface area contributed by atoms with Gasteiger partial charge in [-0.25, -0.2) is 4.57 Å². The lowest BCUT2D eigenvalue weighted by Gasteiger charge is -1.83. The standard InChI is InChI=1S/C8H7N.HO2P/c1-2-4-8-7(3-1)5-6-9-8;1-3-2/h1-6,9H;(H,1,2).